The van der Waals surface area contributed by atoms with E-state index in [1.807, 2.05) is 30.3 Å². The molecule has 0 bridgehead atoms. The van der Waals surface area contributed by atoms with Crippen molar-refractivity contribution in [1.82, 2.24) is 9.97 Å². The Kier molecular flexibility index (Phi) is 5.90. The lowest BCUT2D eigenvalue weighted by Crippen LogP contribution is -2.30. The zero-order chi connectivity index (χ0) is 21.8. The maximum absolute atomic E-state index is 13.5. The van der Waals surface area contributed by atoms with Crippen LogP contribution in [0.15, 0.2) is 67.0 Å². The highest BCUT2D eigenvalue weighted by molar-refractivity contribution is 7.22. The first-order valence-corrected chi connectivity index (χ1v) is 10.2. The molecule has 0 unspecified atom stereocenters. The molecule has 7 nitrogen and oxygen atoms in total. The van der Waals surface area contributed by atoms with E-state index < -0.39 is 5.97 Å². The molecule has 2 heterocycles. The number of esters is 1. The molecular formula is C23H19N3O4S. The van der Waals surface area contributed by atoms with Crippen molar-refractivity contribution in [3.63, 3.8) is 0 Å². The Bertz CT molecular complexity index is 1220. The first kappa shape index (κ1) is 20.5. The van der Waals surface area contributed by atoms with Crippen LogP contribution in [0.2, 0.25) is 0 Å². The summed E-state index contributed by atoms with van der Waals surface area (Å²) in [6.45, 7) is 0.299. The molecule has 2 aromatic heterocycles. The molecule has 0 atom stereocenters. The van der Waals surface area contributed by atoms with Gasteiger partial charge >= 0.3 is 5.97 Å². The van der Waals surface area contributed by atoms with Gasteiger partial charge in [-0.3, -0.25) is 14.7 Å². The van der Waals surface area contributed by atoms with E-state index in [0.29, 0.717) is 34.1 Å². The average Bonchev–Trinajstić information content (AvgIpc) is 3.26. The van der Waals surface area contributed by atoms with Gasteiger partial charge in [0.25, 0.3) is 5.91 Å². The van der Waals surface area contributed by atoms with Gasteiger partial charge in [0.15, 0.2) is 5.13 Å². The third kappa shape index (κ3) is 4.24. The summed E-state index contributed by atoms with van der Waals surface area (Å²) in [6, 6.07) is 15.8. The van der Waals surface area contributed by atoms with Gasteiger partial charge in [-0.25, -0.2) is 9.78 Å². The molecule has 0 saturated carbocycles. The van der Waals surface area contributed by atoms with Crippen LogP contribution in [0, 0.1) is 0 Å². The van der Waals surface area contributed by atoms with Crippen LogP contribution >= 0.6 is 11.3 Å². The molecule has 8 heteroatoms. The Hall–Kier alpha value is -3.78. The van der Waals surface area contributed by atoms with Crippen LogP contribution in [-0.2, 0) is 11.3 Å². The quantitative estimate of drug-likeness (QED) is 0.421. The number of para-hydroxylation sites is 1. The minimum absolute atomic E-state index is 0.238. The lowest BCUT2D eigenvalue weighted by Gasteiger charge is -2.20. The summed E-state index contributed by atoms with van der Waals surface area (Å²) < 4.78 is 11.1. The van der Waals surface area contributed by atoms with E-state index >= 15 is 0 Å². The molecule has 0 saturated heterocycles. The number of hydrogen-bond donors (Lipinski definition) is 0. The smallest absolute Gasteiger partial charge is 0.337 e. The van der Waals surface area contributed by atoms with Crippen LogP contribution < -0.4 is 9.64 Å². The van der Waals surface area contributed by atoms with E-state index in [-0.39, 0.29) is 5.91 Å². The van der Waals surface area contributed by atoms with Gasteiger partial charge in [-0.1, -0.05) is 23.5 Å². The number of anilines is 1. The number of thiazole rings is 1. The number of hydrogen-bond acceptors (Lipinski definition) is 7. The van der Waals surface area contributed by atoms with Gasteiger partial charge in [0.1, 0.15) is 11.3 Å². The number of rotatable bonds is 6. The minimum Gasteiger partial charge on any atom is -0.494 e. The maximum Gasteiger partial charge on any atom is 0.337 e. The highest BCUT2D eigenvalue weighted by atomic mass is 32.1. The number of fused-ring (bicyclic) bond motifs is 1. The number of carbonyl (C=O) groups excluding carboxylic acids is 2. The molecule has 156 valence electrons. The van der Waals surface area contributed by atoms with E-state index in [1.54, 1.807) is 48.7 Å². The normalized spacial score (nSPS) is 10.6. The van der Waals surface area contributed by atoms with Crippen LogP contribution in [0.5, 0.6) is 5.75 Å². The van der Waals surface area contributed by atoms with Gasteiger partial charge in [0, 0.05) is 18.0 Å². The monoisotopic (exact) mass is 433 g/mol. The van der Waals surface area contributed by atoms with Crippen molar-refractivity contribution >= 4 is 38.6 Å². The number of benzene rings is 2. The van der Waals surface area contributed by atoms with E-state index in [0.717, 1.165) is 10.3 Å². The number of nitrogens with zero attached hydrogens (tertiary/aromatic N) is 3. The SMILES string of the molecule is COC(=O)c1ccc(C(=O)N(Cc2cccnc2)c2nc3c(OC)cccc3s2)cc1. The van der Waals surface area contributed by atoms with Gasteiger partial charge in [-0.2, -0.15) is 0 Å². The highest BCUT2D eigenvalue weighted by Gasteiger charge is 2.23. The first-order chi connectivity index (χ1) is 15.1. The van der Waals surface area contributed by atoms with Crippen molar-refractivity contribution in [3.05, 3.63) is 83.7 Å². The molecule has 0 aliphatic rings. The summed E-state index contributed by atoms with van der Waals surface area (Å²) in [6.07, 6.45) is 3.40. The molecule has 4 aromatic rings. The predicted molar refractivity (Wildman–Crippen MR) is 119 cm³/mol. The number of carbonyl (C=O) groups is 2. The van der Waals surface area contributed by atoms with E-state index in [1.165, 1.54) is 18.4 Å². The molecule has 0 radical (unpaired) electrons. The fraction of sp³-hybridized carbons (Fsp3) is 0.130. The highest BCUT2D eigenvalue weighted by Crippen LogP contribution is 2.35. The van der Waals surface area contributed by atoms with Crippen molar-refractivity contribution in [1.29, 1.82) is 0 Å². The number of ether oxygens (including phenoxy) is 2. The largest absolute Gasteiger partial charge is 0.494 e. The lowest BCUT2D eigenvalue weighted by molar-refractivity contribution is 0.0600. The van der Waals surface area contributed by atoms with E-state index in [4.69, 9.17) is 9.47 Å². The summed E-state index contributed by atoms with van der Waals surface area (Å²) in [7, 11) is 2.91. The first-order valence-electron chi connectivity index (χ1n) is 9.43. The number of amides is 1. The van der Waals surface area contributed by atoms with Gasteiger partial charge in [0.05, 0.1) is 31.0 Å². The Morgan fingerprint density at radius 2 is 1.77 bits per heavy atom. The topological polar surface area (TPSA) is 81.6 Å². The van der Waals surface area contributed by atoms with Gasteiger partial charge in [0.2, 0.25) is 0 Å². The number of pyridine rings is 1. The summed E-state index contributed by atoms with van der Waals surface area (Å²) >= 11 is 1.41. The summed E-state index contributed by atoms with van der Waals surface area (Å²) in [5.74, 6) is -0.0426. The zero-order valence-corrected chi connectivity index (χ0v) is 17.8. The Morgan fingerprint density at radius 3 is 2.45 bits per heavy atom. The molecule has 0 aliphatic heterocycles. The summed E-state index contributed by atoms with van der Waals surface area (Å²) in [5.41, 5.74) is 2.38. The van der Waals surface area contributed by atoms with Gasteiger partial charge in [-0.15, -0.1) is 0 Å². The molecule has 1 amide bonds. The Morgan fingerprint density at radius 1 is 1.00 bits per heavy atom. The third-order valence-corrected chi connectivity index (χ3v) is 5.73. The van der Waals surface area contributed by atoms with E-state index in [9.17, 15) is 9.59 Å². The van der Waals surface area contributed by atoms with Crippen LogP contribution in [0.1, 0.15) is 26.3 Å². The fourth-order valence-electron chi connectivity index (χ4n) is 3.11. The second kappa shape index (κ2) is 8.93. The van der Waals surface area contributed by atoms with Crippen molar-refractivity contribution in [2.24, 2.45) is 0 Å². The van der Waals surface area contributed by atoms with Gasteiger partial charge < -0.3 is 9.47 Å². The van der Waals surface area contributed by atoms with Gasteiger partial charge in [-0.05, 0) is 48.0 Å². The standard InChI is InChI=1S/C23H19N3O4S/c1-29-18-6-3-7-19-20(18)25-23(31-19)26(14-15-5-4-12-24-13-15)21(27)16-8-10-17(11-9-16)22(28)30-2/h3-13H,14H2,1-2H3. The van der Waals surface area contributed by atoms with Crippen LogP contribution in [0.3, 0.4) is 0 Å². The van der Waals surface area contributed by atoms with Crippen LogP contribution in [0.25, 0.3) is 10.2 Å². The second-order valence-corrected chi connectivity index (χ2v) is 7.63. The molecule has 0 fully saturated rings. The molecule has 4 rings (SSSR count). The van der Waals surface area contributed by atoms with Crippen molar-refractivity contribution in [3.8, 4) is 5.75 Å². The van der Waals surface area contributed by atoms with Crippen LogP contribution in [0.4, 0.5) is 5.13 Å². The zero-order valence-electron chi connectivity index (χ0n) is 16.9. The average molecular weight is 433 g/mol. The van der Waals surface area contributed by atoms with Crippen LogP contribution in [-0.4, -0.2) is 36.1 Å². The lowest BCUT2D eigenvalue weighted by atomic mass is 10.1. The molecule has 0 aliphatic carbocycles. The molecular weight excluding hydrogens is 414 g/mol. The summed E-state index contributed by atoms with van der Waals surface area (Å²) in [4.78, 5) is 35.6. The van der Waals surface area contributed by atoms with Crippen molar-refractivity contribution in [2.75, 3.05) is 19.1 Å². The minimum atomic E-state index is -0.454. The Labute approximate surface area is 182 Å². The molecule has 0 spiro atoms. The third-order valence-electron chi connectivity index (χ3n) is 4.68. The fourth-order valence-corrected chi connectivity index (χ4v) is 4.10. The predicted octanol–water partition coefficient (Wildman–Crippen LogP) is 4.33. The molecule has 0 N–H and O–H groups in total. The molecule has 31 heavy (non-hydrogen) atoms. The van der Waals surface area contributed by atoms with Crippen molar-refractivity contribution in [2.45, 2.75) is 6.54 Å². The Balaban J connectivity index is 1.74. The van der Waals surface area contributed by atoms with E-state index in [2.05, 4.69) is 9.97 Å². The second-order valence-electron chi connectivity index (χ2n) is 6.62. The molecule has 2 aromatic carbocycles. The number of methoxy groups -OCH3 is 2. The van der Waals surface area contributed by atoms with Crippen molar-refractivity contribution < 1.29 is 19.1 Å². The maximum atomic E-state index is 13.5. The summed E-state index contributed by atoms with van der Waals surface area (Å²) in [5, 5.41) is 0.547. The number of aromatic nitrogens is 2.